The third-order valence-electron chi connectivity index (χ3n) is 3.79. The van der Waals surface area contributed by atoms with Gasteiger partial charge in [0.1, 0.15) is 0 Å². The average Bonchev–Trinajstić information content (AvgIpc) is 3.12. The molecule has 3 rings (SSSR count). The molecular formula is C19H17ClN2O2. The normalized spacial score (nSPS) is 11.9. The summed E-state index contributed by atoms with van der Waals surface area (Å²) in [6.07, 6.45) is 1.89. The summed E-state index contributed by atoms with van der Waals surface area (Å²) >= 11 is 6.12. The molecule has 0 aliphatic rings. The third kappa shape index (κ3) is 4.24. The summed E-state index contributed by atoms with van der Waals surface area (Å²) in [7, 11) is 0. The van der Waals surface area contributed by atoms with Crippen molar-refractivity contribution in [1.29, 1.82) is 0 Å². The van der Waals surface area contributed by atoms with Gasteiger partial charge in [-0.25, -0.2) is 0 Å². The van der Waals surface area contributed by atoms with Crippen LogP contribution >= 0.6 is 11.6 Å². The molecule has 0 aliphatic carbocycles. The van der Waals surface area contributed by atoms with Crippen molar-refractivity contribution >= 4 is 17.5 Å². The van der Waals surface area contributed by atoms with Gasteiger partial charge in [-0.1, -0.05) is 59.2 Å². The van der Waals surface area contributed by atoms with Crippen LogP contribution in [0.5, 0.6) is 0 Å². The minimum atomic E-state index is -0.0559. The van der Waals surface area contributed by atoms with Gasteiger partial charge in [0.05, 0.1) is 12.7 Å². The summed E-state index contributed by atoms with van der Waals surface area (Å²) < 4.78 is 4.99. The molecular weight excluding hydrogens is 324 g/mol. The number of rotatable bonds is 6. The maximum absolute atomic E-state index is 12.4. The van der Waals surface area contributed by atoms with Crippen LogP contribution in [0.15, 0.2) is 71.4 Å². The predicted molar refractivity (Wildman–Crippen MR) is 92.7 cm³/mol. The van der Waals surface area contributed by atoms with E-state index in [0.717, 1.165) is 11.1 Å². The standard InChI is InChI=1S/C19H17ClN2O2/c20-16-8-4-7-15(11-16)18(14-5-2-1-3-6-14)12-19(23)21-13-17-9-10-22-24-17/h1-11,18H,12-13H2,(H,21,23)/t18-/m0/s1. The van der Waals surface area contributed by atoms with Gasteiger partial charge in [0, 0.05) is 23.4 Å². The zero-order valence-corrected chi connectivity index (χ0v) is 13.7. The van der Waals surface area contributed by atoms with Crippen LogP contribution in [0, 0.1) is 0 Å². The van der Waals surface area contributed by atoms with Crippen molar-refractivity contribution < 1.29 is 9.32 Å². The molecule has 1 heterocycles. The molecule has 1 N–H and O–H groups in total. The van der Waals surface area contributed by atoms with E-state index in [0.29, 0.717) is 23.7 Å². The van der Waals surface area contributed by atoms with Gasteiger partial charge < -0.3 is 9.84 Å². The smallest absolute Gasteiger partial charge is 0.221 e. The first-order chi connectivity index (χ1) is 11.7. The van der Waals surface area contributed by atoms with Crippen molar-refractivity contribution in [1.82, 2.24) is 10.5 Å². The second-order valence-electron chi connectivity index (χ2n) is 5.48. The molecule has 24 heavy (non-hydrogen) atoms. The quantitative estimate of drug-likeness (QED) is 0.732. The molecule has 0 saturated heterocycles. The van der Waals surface area contributed by atoms with Gasteiger partial charge in [-0.3, -0.25) is 4.79 Å². The lowest BCUT2D eigenvalue weighted by Gasteiger charge is -2.18. The fraction of sp³-hybridized carbons (Fsp3) is 0.158. The number of nitrogens with zero attached hydrogens (tertiary/aromatic N) is 1. The number of amides is 1. The average molecular weight is 341 g/mol. The molecule has 0 bridgehead atoms. The summed E-state index contributed by atoms with van der Waals surface area (Å²) in [5.74, 6) is 0.516. The molecule has 1 amide bonds. The fourth-order valence-corrected chi connectivity index (χ4v) is 2.81. The Morgan fingerprint density at radius 1 is 1.08 bits per heavy atom. The van der Waals surface area contributed by atoms with Crippen LogP contribution in [0.4, 0.5) is 0 Å². The molecule has 5 heteroatoms. The second kappa shape index (κ2) is 7.79. The number of benzene rings is 2. The molecule has 2 aromatic carbocycles. The van der Waals surface area contributed by atoms with Crippen LogP contribution < -0.4 is 5.32 Å². The van der Waals surface area contributed by atoms with E-state index < -0.39 is 0 Å². The van der Waals surface area contributed by atoms with Crippen molar-refractivity contribution in [2.75, 3.05) is 0 Å². The Bertz CT molecular complexity index is 788. The Hall–Kier alpha value is -2.59. The fourth-order valence-electron chi connectivity index (χ4n) is 2.61. The lowest BCUT2D eigenvalue weighted by Crippen LogP contribution is -2.24. The van der Waals surface area contributed by atoms with Gasteiger partial charge >= 0.3 is 0 Å². The van der Waals surface area contributed by atoms with Crippen molar-refractivity contribution in [2.45, 2.75) is 18.9 Å². The van der Waals surface area contributed by atoms with Crippen molar-refractivity contribution in [3.63, 3.8) is 0 Å². The van der Waals surface area contributed by atoms with E-state index in [1.807, 2.05) is 54.6 Å². The zero-order chi connectivity index (χ0) is 16.8. The van der Waals surface area contributed by atoms with Crippen molar-refractivity contribution in [3.8, 4) is 0 Å². The highest BCUT2D eigenvalue weighted by Gasteiger charge is 2.18. The van der Waals surface area contributed by atoms with Crippen molar-refractivity contribution in [2.24, 2.45) is 0 Å². The monoisotopic (exact) mass is 340 g/mol. The molecule has 122 valence electrons. The molecule has 0 unspecified atom stereocenters. The molecule has 3 aromatic rings. The Morgan fingerprint density at radius 2 is 1.88 bits per heavy atom. The van der Waals surface area contributed by atoms with E-state index in [4.69, 9.17) is 16.1 Å². The number of carbonyl (C=O) groups is 1. The van der Waals surface area contributed by atoms with Crippen molar-refractivity contribution in [3.05, 3.63) is 88.8 Å². The summed E-state index contributed by atoms with van der Waals surface area (Å²) in [4.78, 5) is 12.4. The lowest BCUT2D eigenvalue weighted by molar-refractivity contribution is -0.121. The molecule has 0 spiro atoms. The lowest BCUT2D eigenvalue weighted by atomic mass is 9.88. The first kappa shape index (κ1) is 16.3. The SMILES string of the molecule is O=C(C[C@@H](c1ccccc1)c1cccc(Cl)c1)NCc1ccno1. The number of hydrogen-bond donors (Lipinski definition) is 1. The van der Waals surface area contributed by atoms with Crippen LogP contribution in [0.25, 0.3) is 0 Å². The number of aromatic nitrogens is 1. The number of carbonyl (C=O) groups excluding carboxylic acids is 1. The number of hydrogen-bond acceptors (Lipinski definition) is 3. The molecule has 1 atom stereocenters. The first-order valence-electron chi connectivity index (χ1n) is 7.69. The second-order valence-corrected chi connectivity index (χ2v) is 5.91. The maximum atomic E-state index is 12.4. The van der Waals surface area contributed by atoms with E-state index in [1.54, 1.807) is 12.3 Å². The predicted octanol–water partition coefficient (Wildman–Crippen LogP) is 4.17. The number of nitrogens with one attached hydrogen (secondary N) is 1. The highest BCUT2D eigenvalue weighted by Crippen LogP contribution is 2.29. The summed E-state index contributed by atoms with van der Waals surface area (Å²) in [5, 5.41) is 7.15. The Kier molecular flexibility index (Phi) is 5.29. The minimum absolute atomic E-state index is 0.0553. The van der Waals surface area contributed by atoms with Gasteiger partial charge in [0.25, 0.3) is 0 Å². The van der Waals surface area contributed by atoms with Crippen LogP contribution in [0.2, 0.25) is 5.02 Å². The summed E-state index contributed by atoms with van der Waals surface area (Å²) in [6, 6.07) is 19.3. The van der Waals surface area contributed by atoms with Gasteiger partial charge in [-0.2, -0.15) is 0 Å². The van der Waals surface area contributed by atoms with Gasteiger partial charge in [-0.15, -0.1) is 0 Å². The van der Waals surface area contributed by atoms with Crippen LogP contribution in [-0.2, 0) is 11.3 Å². The third-order valence-corrected chi connectivity index (χ3v) is 4.03. The topological polar surface area (TPSA) is 55.1 Å². The van der Waals surface area contributed by atoms with Gasteiger partial charge in [-0.05, 0) is 23.3 Å². The van der Waals surface area contributed by atoms with Gasteiger partial charge in [0.2, 0.25) is 5.91 Å². The maximum Gasteiger partial charge on any atom is 0.221 e. The van der Waals surface area contributed by atoms with E-state index in [9.17, 15) is 4.79 Å². The number of halogens is 1. The van der Waals surface area contributed by atoms with Crippen LogP contribution in [0.3, 0.4) is 0 Å². The molecule has 0 saturated carbocycles. The van der Waals surface area contributed by atoms with E-state index in [-0.39, 0.29) is 11.8 Å². The van der Waals surface area contributed by atoms with Crippen LogP contribution in [0.1, 0.15) is 29.2 Å². The Balaban J connectivity index is 1.76. The van der Waals surface area contributed by atoms with Gasteiger partial charge in [0.15, 0.2) is 5.76 Å². The summed E-state index contributed by atoms with van der Waals surface area (Å²) in [5.41, 5.74) is 2.10. The molecule has 0 radical (unpaired) electrons. The molecule has 0 fully saturated rings. The largest absolute Gasteiger partial charge is 0.360 e. The highest BCUT2D eigenvalue weighted by atomic mass is 35.5. The van der Waals surface area contributed by atoms with E-state index in [2.05, 4.69) is 10.5 Å². The molecule has 0 aliphatic heterocycles. The summed E-state index contributed by atoms with van der Waals surface area (Å²) in [6.45, 7) is 0.329. The molecule has 1 aromatic heterocycles. The molecule has 4 nitrogen and oxygen atoms in total. The minimum Gasteiger partial charge on any atom is -0.360 e. The zero-order valence-electron chi connectivity index (χ0n) is 13.0. The Morgan fingerprint density at radius 3 is 2.58 bits per heavy atom. The van der Waals surface area contributed by atoms with E-state index >= 15 is 0 Å². The first-order valence-corrected chi connectivity index (χ1v) is 8.07. The Labute approximate surface area is 145 Å². The van der Waals surface area contributed by atoms with Crippen LogP contribution in [-0.4, -0.2) is 11.1 Å². The van der Waals surface area contributed by atoms with E-state index in [1.165, 1.54) is 0 Å². The highest BCUT2D eigenvalue weighted by molar-refractivity contribution is 6.30.